The predicted octanol–water partition coefficient (Wildman–Crippen LogP) is 27.7. The monoisotopic (exact) mass is 1700 g/mol. The van der Waals surface area contributed by atoms with Crippen LogP contribution in [0.2, 0.25) is 0 Å². The smallest absolute Gasteiger partial charge is 0.164 e. The number of anilines is 9. The van der Waals surface area contributed by atoms with Gasteiger partial charge in [-0.15, -0.1) is 0 Å². The summed E-state index contributed by atoms with van der Waals surface area (Å²) in [5.41, 5.74) is 25.4. The highest BCUT2D eigenvalue weighted by molar-refractivity contribution is 5.92. The van der Waals surface area contributed by atoms with E-state index in [1.54, 1.807) is 0 Å². The Morgan fingerprint density at radius 1 is 0.273 bits per heavy atom. The fraction of sp³-hybridized carbons (Fsp3) is 0.336. The molecular weight excluding hydrogens is 1590 g/mol. The summed E-state index contributed by atoms with van der Waals surface area (Å²) in [5, 5.41) is 0. The second kappa shape index (κ2) is 34.0. The number of benzene rings is 12. The van der Waals surface area contributed by atoms with Crippen molar-refractivity contribution in [3.05, 3.63) is 306 Å². The molecule has 15 nitrogen and oxygen atoms in total. The number of aromatic nitrogens is 3. The van der Waals surface area contributed by atoms with Crippen molar-refractivity contribution < 1.29 is 42.6 Å². The molecule has 3 fully saturated rings. The number of para-hydroxylation sites is 3. The molecule has 128 heavy (non-hydrogen) atoms. The molecule has 0 unspecified atom stereocenters. The molecule has 0 spiro atoms. The average molecular weight is 1700 g/mol. The van der Waals surface area contributed by atoms with E-state index in [9.17, 15) is 0 Å². The topological polar surface area (TPSA) is 131 Å². The number of ether oxygens (including phenoxy) is 9. The first-order valence-corrected chi connectivity index (χ1v) is 46.1. The van der Waals surface area contributed by atoms with E-state index in [2.05, 4.69) is 325 Å². The van der Waals surface area contributed by atoms with Crippen LogP contribution in [0.5, 0.6) is 17.2 Å². The van der Waals surface area contributed by atoms with Crippen LogP contribution in [0.4, 0.5) is 51.2 Å². The maximum absolute atomic E-state index is 6.67. The van der Waals surface area contributed by atoms with E-state index in [1.165, 1.54) is 66.8 Å². The van der Waals surface area contributed by atoms with Gasteiger partial charge in [0.2, 0.25) is 0 Å². The summed E-state index contributed by atoms with van der Waals surface area (Å²) < 4.78 is 56.5. The molecule has 3 saturated heterocycles. The first-order valence-electron chi connectivity index (χ1n) is 46.1. The van der Waals surface area contributed by atoms with Crippen molar-refractivity contribution in [3.8, 4) is 84.8 Å². The molecule has 19 rings (SSSR count). The lowest BCUT2D eigenvalue weighted by molar-refractivity contribution is -0.285. The number of hydrogen-bond donors (Lipinski definition) is 0. The molecule has 13 aromatic rings. The van der Waals surface area contributed by atoms with Crippen molar-refractivity contribution >= 4 is 51.2 Å². The quantitative estimate of drug-likeness (QED) is 0.0483. The van der Waals surface area contributed by atoms with Crippen LogP contribution in [0.15, 0.2) is 273 Å². The molecule has 6 aliphatic rings. The largest absolute Gasteiger partial charge is 0.493 e. The molecule has 3 aliphatic carbocycles. The van der Waals surface area contributed by atoms with Crippen molar-refractivity contribution in [2.45, 2.75) is 169 Å². The Morgan fingerprint density at radius 3 is 0.828 bits per heavy atom. The summed E-state index contributed by atoms with van der Waals surface area (Å²) in [7, 11) is 0. The van der Waals surface area contributed by atoms with Gasteiger partial charge in [-0.3, -0.25) is 0 Å². The Hall–Kier alpha value is -11.8. The van der Waals surface area contributed by atoms with Crippen LogP contribution in [0, 0.1) is 16.7 Å². The van der Waals surface area contributed by atoms with E-state index < -0.39 is 17.4 Å². The highest BCUT2D eigenvalue weighted by Gasteiger charge is 2.47. The summed E-state index contributed by atoms with van der Waals surface area (Å²) in [4.78, 5) is 24.3. The molecule has 0 N–H and O–H groups in total. The van der Waals surface area contributed by atoms with Gasteiger partial charge in [0.05, 0.1) is 59.5 Å². The van der Waals surface area contributed by atoms with Gasteiger partial charge in [-0.1, -0.05) is 183 Å². The lowest BCUT2D eigenvalue weighted by atomic mass is 9.73. The van der Waals surface area contributed by atoms with Crippen LogP contribution in [-0.2, 0) is 44.7 Å². The Kier molecular flexibility index (Phi) is 22.8. The van der Waals surface area contributed by atoms with Gasteiger partial charge in [0.15, 0.2) is 34.8 Å². The summed E-state index contributed by atoms with van der Waals surface area (Å²) in [6.07, 6.45) is 5.19. The molecule has 0 atom stereocenters. The second-order valence-electron chi connectivity index (χ2n) is 38.0. The molecule has 12 aromatic carbocycles. The summed E-state index contributed by atoms with van der Waals surface area (Å²) >= 11 is 0. The Morgan fingerprint density at radius 2 is 0.531 bits per heavy atom. The summed E-state index contributed by atoms with van der Waals surface area (Å²) in [5.74, 6) is 2.46. The third-order valence-electron chi connectivity index (χ3n) is 28.2. The van der Waals surface area contributed by atoms with Gasteiger partial charge >= 0.3 is 0 Å². The first kappa shape index (κ1) is 85.6. The van der Waals surface area contributed by atoms with Gasteiger partial charge in [0.25, 0.3) is 0 Å². The highest BCUT2D eigenvalue weighted by Crippen LogP contribution is 2.60. The van der Waals surface area contributed by atoms with Gasteiger partial charge in [0.1, 0.15) is 17.2 Å². The average Bonchev–Trinajstić information content (AvgIpc) is 1.57. The first-order chi connectivity index (χ1) is 61.9. The number of rotatable bonds is 27. The maximum atomic E-state index is 6.67. The molecule has 0 amide bonds. The zero-order chi connectivity index (χ0) is 88.5. The maximum Gasteiger partial charge on any atom is 0.164 e. The standard InChI is InChI=1S/C113H118N6O9/c1-15-111(16-2)97-57-76(45-51-91(97)94-54-48-85(63-100(94)111)117(79-33-24-21-25-34-79)82-39-30-42-88(60-82)120-66-75-67-123-106(7,8)124-68-75)103-114-104(77-46-52-92-95-55-49-86(64-101(95)112(17-3,18-4)98(92)58-77)118(80-35-26-22-27-36-80)83-40-31-43-89(61-83)121-69-109(13)71-125-107(9,10)126-72-109)116-105(115-103)78-47-53-93-96-56-50-87(65-102(96)113(19-5,20-6)99(93)59-78)119(81-37-28-23-29-38-81)84-41-32-44-90(62-84)122-70-110(14)73-127-108(11,12)128-74-110/h21-65,75H,15-20,66-74H2,1-14H3. The zero-order valence-corrected chi connectivity index (χ0v) is 76.5. The second-order valence-corrected chi connectivity index (χ2v) is 38.0. The van der Waals surface area contributed by atoms with Gasteiger partial charge in [-0.25, -0.2) is 15.0 Å². The lowest BCUT2D eigenvalue weighted by Gasteiger charge is -2.41. The van der Waals surface area contributed by atoms with Crippen molar-refractivity contribution in [1.29, 1.82) is 0 Å². The van der Waals surface area contributed by atoms with E-state index in [-0.39, 0.29) is 33.0 Å². The van der Waals surface area contributed by atoms with Crippen LogP contribution in [0.25, 0.3) is 67.5 Å². The van der Waals surface area contributed by atoms with E-state index >= 15 is 0 Å². The van der Waals surface area contributed by atoms with Crippen molar-refractivity contribution in [2.24, 2.45) is 16.7 Å². The SMILES string of the molecule is CCC1(CC)c2cc(-c3nc(-c4ccc5c(c4)C(CC)(CC)c4cc(N(c6ccccc6)c6cccc(OCC7(C)COC(C)(C)OC7)c6)ccc4-5)nc(-c4ccc5c(c4)C(CC)(CC)c4cc(N(c6ccccc6)c6cccc(OCC7(C)COC(C)(C)OC7)c6)ccc4-5)n3)ccc2-c2ccc(N(c3ccccc3)c3cccc(OCC4COC(C)(C)OC4)c3)cc21. The fourth-order valence-electron chi connectivity index (χ4n) is 20.6. The Bertz CT molecular complexity index is 5960. The van der Waals surface area contributed by atoms with E-state index in [0.717, 1.165) is 124 Å². The minimum atomic E-state index is -0.622. The van der Waals surface area contributed by atoms with Gasteiger partial charge < -0.3 is 57.3 Å². The van der Waals surface area contributed by atoms with Crippen LogP contribution in [0.3, 0.4) is 0 Å². The predicted molar refractivity (Wildman–Crippen MR) is 515 cm³/mol. The molecule has 0 saturated carbocycles. The number of nitrogens with zero attached hydrogens (tertiary/aromatic N) is 6. The third kappa shape index (κ3) is 15.9. The van der Waals surface area contributed by atoms with Crippen LogP contribution >= 0.6 is 0 Å². The van der Waals surface area contributed by atoms with E-state index in [0.29, 0.717) is 76.9 Å². The Labute approximate surface area is 755 Å². The van der Waals surface area contributed by atoms with Gasteiger partial charge in [-0.05, 0) is 274 Å². The van der Waals surface area contributed by atoms with Gasteiger partial charge in [0, 0.05) is 119 Å². The normalized spacial score (nSPS) is 17.7. The molecule has 3 aliphatic heterocycles. The minimum absolute atomic E-state index is 0.114. The molecule has 15 heteroatoms. The molecule has 654 valence electrons. The van der Waals surface area contributed by atoms with Crippen molar-refractivity contribution in [3.63, 3.8) is 0 Å². The zero-order valence-electron chi connectivity index (χ0n) is 76.5. The fourth-order valence-corrected chi connectivity index (χ4v) is 20.6. The van der Waals surface area contributed by atoms with Crippen LogP contribution in [0.1, 0.15) is 169 Å². The summed E-state index contributed by atoms with van der Waals surface area (Å²) in [6.45, 7) is 34.9. The molecule has 0 bridgehead atoms. The third-order valence-corrected chi connectivity index (χ3v) is 28.2. The van der Waals surface area contributed by atoms with Crippen molar-refractivity contribution in [2.75, 3.05) is 74.2 Å². The molecule has 0 radical (unpaired) electrons. The minimum Gasteiger partial charge on any atom is -0.493 e. The van der Waals surface area contributed by atoms with Crippen LogP contribution < -0.4 is 28.9 Å². The highest BCUT2D eigenvalue weighted by atomic mass is 16.7. The van der Waals surface area contributed by atoms with Gasteiger partial charge in [-0.2, -0.15) is 0 Å². The lowest BCUT2D eigenvalue weighted by Crippen LogP contribution is -2.47. The Balaban J connectivity index is 0.703. The van der Waals surface area contributed by atoms with E-state index in [1.807, 2.05) is 59.7 Å². The number of hydrogen-bond acceptors (Lipinski definition) is 15. The van der Waals surface area contributed by atoms with Crippen molar-refractivity contribution in [1.82, 2.24) is 15.0 Å². The molecule has 1 aromatic heterocycles. The van der Waals surface area contributed by atoms with Crippen LogP contribution in [-0.4, -0.2) is 91.8 Å². The summed E-state index contributed by atoms with van der Waals surface area (Å²) in [6, 6.07) is 99.6. The van der Waals surface area contributed by atoms with E-state index in [4.69, 9.17) is 57.6 Å². The molecular formula is C113H118N6O9. The number of fused-ring (bicyclic) bond motifs is 9. The molecule has 4 heterocycles.